The number of hydrogen-bond donors (Lipinski definition) is 2. The lowest BCUT2D eigenvalue weighted by Crippen LogP contribution is -2.25. The Morgan fingerprint density at radius 2 is 2.20 bits per heavy atom. The number of rotatable bonds is 5. The largest absolute Gasteiger partial charge is 0.462 e. The Labute approximate surface area is 153 Å². The van der Waals surface area contributed by atoms with Crippen LogP contribution in [-0.2, 0) is 17.6 Å². The van der Waals surface area contributed by atoms with E-state index in [4.69, 9.17) is 4.74 Å². The van der Waals surface area contributed by atoms with Crippen molar-refractivity contribution in [2.75, 3.05) is 11.9 Å². The normalized spacial score (nSPS) is 13.5. The molecule has 0 saturated heterocycles. The number of esters is 1. The van der Waals surface area contributed by atoms with Crippen molar-refractivity contribution in [2.45, 2.75) is 32.6 Å². The van der Waals surface area contributed by atoms with Gasteiger partial charge in [0.15, 0.2) is 0 Å². The molecular formula is C17H19N3O3S2. The molecule has 1 aliphatic carbocycles. The van der Waals surface area contributed by atoms with E-state index < -0.39 is 6.03 Å². The van der Waals surface area contributed by atoms with E-state index in [9.17, 15) is 9.59 Å². The molecule has 0 fully saturated rings. The van der Waals surface area contributed by atoms with Crippen molar-refractivity contribution in [3.05, 3.63) is 38.4 Å². The third-order valence-electron chi connectivity index (χ3n) is 3.78. The highest BCUT2D eigenvalue weighted by Crippen LogP contribution is 2.38. The molecule has 0 bridgehead atoms. The maximum Gasteiger partial charge on any atom is 0.341 e. The van der Waals surface area contributed by atoms with Crippen LogP contribution in [0.2, 0.25) is 0 Å². The number of carbonyl (C=O) groups is 2. The summed E-state index contributed by atoms with van der Waals surface area (Å²) < 4.78 is 5.17. The van der Waals surface area contributed by atoms with Crippen molar-refractivity contribution in [2.24, 2.45) is 5.10 Å². The summed E-state index contributed by atoms with van der Waals surface area (Å²) in [7, 11) is 0. The average molecular weight is 377 g/mol. The summed E-state index contributed by atoms with van der Waals surface area (Å²) in [5.74, 6) is -0.376. The number of aryl methyl sites for hydroxylation is 1. The maximum atomic E-state index is 12.3. The molecular weight excluding hydrogens is 358 g/mol. The molecule has 6 nitrogen and oxygen atoms in total. The fourth-order valence-electron chi connectivity index (χ4n) is 2.72. The smallest absolute Gasteiger partial charge is 0.341 e. The van der Waals surface area contributed by atoms with Gasteiger partial charge in [-0.1, -0.05) is 6.07 Å². The number of hydrogen-bond acceptors (Lipinski definition) is 6. The summed E-state index contributed by atoms with van der Waals surface area (Å²) in [4.78, 5) is 26.5. The summed E-state index contributed by atoms with van der Waals surface area (Å²) in [5, 5.41) is 9.13. The Morgan fingerprint density at radius 3 is 2.96 bits per heavy atom. The fourth-order valence-corrected chi connectivity index (χ4v) is 4.58. The molecule has 0 saturated carbocycles. The van der Waals surface area contributed by atoms with Gasteiger partial charge >= 0.3 is 12.0 Å². The van der Waals surface area contributed by atoms with Crippen LogP contribution in [0.3, 0.4) is 0 Å². The van der Waals surface area contributed by atoms with Crippen LogP contribution >= 0.6 is 22.7 Å². The SMILES string of the molecule is CCOC(=O)c1c(NC(=O)NN=Cc2cccs2)sc2c1CCCC2. The van der Waals surface area contributed by atoms with Crippen LogP contribution in [0.4, 0.5) is 9.80 Å². The van der Waals surface area contributed by atoms with Crippen LogP contribution in [0.5, 0.6) is 0 Å². The first-order valence-electron chi connectivity index (χ1n) is 8.14. The van der Waals surface area contributed by atoms with Crippen molar-refractivity contribution in [3.8, 4) is 0 Å². The number of hydrazone groups is 1. The number of amides is 2. The van der Waals surface area contributed by atoms with E-state index >= 15 is 0 Å². The molecule has 0 aliphatic heterocycles. The van der Waals surface area contributed by atoms with Gasteiger partial charge in [-0.3, -0.25) is 5.32 Å². The third kappa shape index (κ3) is 4.26. The monoisotopic (exact) mass is 377 g/mol. The van der Waals surface area contributed by atoms with Crippen LogP contribution in [0, 0.1) is 0 Å². The number of nitrogens with one attached hydrogen (secondary N) is 2. The van der Waals surface area contributed by atoms with E-state index in [0.717, 1.165) is 41.0 Å². The minimum Gasteiger partial charge on any atom is -0.462 e. The minimum atomic E-state index is -0.475. The van der Waals surface area contributed by atoms with Gasteiger partial charge in [0.05, 0.1) is 18.4 Å². The second-order valence-electron chi connectivity index (χ2n) is 5.48. The van der Waals surface area contributed by atoms with E-state index in [1.807, 2.05) is 17.5 Å². The summed E-state index contributed by atoms with van der Waals surface area (Å²) in [6, 6.07) is 3.34. The highest BCUT2D eigenvalue weighted by atomic mass is 32.1. The van der Waals surface area contributed by atoms with Gasteiger partial charge in [0.25, 0.3) is 0 Å². The van der Waals surface area contributed by atoms with Gasteiger partial charge in [-0.25, -0.2) is 15.0 Å². The first-order valence-corrected chi connectivity index (χ1v) is 9.84. The van der Waals surface area contributed by atoms with E-state index in [1.165, 1.54) is 22.7 Å². The zero-order chi connectivity index (χ0) is 17.6. The maximum absolute atomic E-state index is 12.3. The topological polar surface area (TPSA) is 79.8 Å². The molecule has 2 aromatic heterocycles. The lowest BCUT2D eigenvalue weighted by Gasteiger charge is -2.12. The van der Waals surface area contributed by atoms with Crippen LogP contribution in [0.1, 0.15) is 45.4 Å². The lowest BCUT2D eigenvalue weighted by molar-refractivity contribution is 0.0526. The van der Waals surface area contributed by atoms with Crippen molar-refractivity contribution < 1.29 is 14.3 Å². The van der Waals surface area contributed by atoms with E-state index in [2.05, 4.69) is 15.8 Å². The first kappa shape index (κ1) is 17.6. The highest BCUT2D eigenvalue weighted by molar-refractivity contribution is 7.17. The van der Waals surface area contributed by atoms with Crippen LogP contribution < -0.4 is 10.7 Å². The molecule has 0 spiro atoms. The second-order valence-corrected chi connectivity index (χ2v) is 7.56. The Bertz CT molecular complexity index is 781. The molecule has 0 unspecified atom stereocenters. The molecule has 3 rings (SSSR count). The number of thiophene rings is 2. The van der Waals surface area contributed by atoms with Crippen molar-refractivity contribution in [1.82, 2.24) is 5.43 Å². The Balaban J connectivity index is 1.73. The third-order valence-corrected chi connectivity index (χ3v) is 5.79. The first-order chi connectivity index (χ1) is 12.2. The minimum absolute atomic E-state index is 0.306. The van der Waals surface area contributed by atoms with E-state index in [0.29, 0.717) is 17.2 Å². The molecule has 132 valence electrons. The van der Waals surface area contributed by atoms with Gasteiger partial charge in [-0.2, -0.15) is 5.10 Å². The Hall–Kier alpha value is -2.19. The molecule has 0 atom stereocenters. The van der Waals surface area contributed by atoms with Crippen LogP contribution in [0.15, 0.2) is 22.6 Å². The standard InChI is InChI=1S/C17H19N3O3S2/c1-2-23-16(21)14-12-7-3-4-8-13(12)25-15(14)19-17(22)20-18-10-11-6-5-9-24-11/h5-6,9-10H,2-4,7-8H2,1H3,(H2,19,20,22). The molecule has 8 heteroatoms. The number of nitrogens with zero attached hydrogens (tertiary/aromatic N) is 1. The number of fused-ring (bicyclic) bond motifs is 1. The molecule has 0 radical (unpaired) electrons. The van der Waals surface area contributed by atoms with Crippen molar-refractivity contribution in [3.63, 3.8) is 0 Å². The second kappa shape index (κ2) is 8.26. The Kier molecular flexibility index (Phi) is 5.83. The molecule has 25 heavy (non-hydrogen) atoms. The molecule has 2 heterocycles. The van der Waals surface area contributed by atoms with Crippen LogP contribution in [-0.4, -0.2) is 24.8 Å². The van der Waals surface area contributed by atoms with Crippen molar-refractivity contribution in [1.29, 1.82) is 0 Å². The van der Waals surface area contributed by atoms with E-state index in [1.54, 1.807) is 13.1 Å². The zero-order valence-electron chi connectivity index (χ0n) is 13.8. The van der Waals surface area contributed by atoms with Gasteiger partial charge in [-0.15, -0.1) is 22.7 Å². The summed E-state index contributed by atoms with van der Waals surface area (Å²) in [6.07, 6.45) is 5.52. The Morgan fingerprint density at radius 1 is 1.36 bits per heavy atom. The quantitative estimate of drug-likeness (QED) is 0.469. The van der Waals surface area contributed by atoms with Crippen molar-refractivity contribution >= 4 is 45.9 Å². The lowest BCUT2D eigenvalue weighted by atomic mass is 9.95. The molecule has 2 amide bonds. The van der Waals surface area contributed by atoms with E-state index in [-0.39, 0.29) is 5.97 Å². The summed E-state index contributed by atoms with van der Waals surface area (Å²) in [6.45, 7) is 2.08. The van der Waals surface area contributed by atoms with Gasteiger partial charge in [0, 0.05) is 9.75 Å². The molecule has 1 aliphatic rings. The average Bonchev–Trinajstić information content (AvgIpc) is 3.22. The highest BCUT2D eigenvalue weighted by Gasteiger charge is 2.27. The number of anilines is 1. The van der Waals surface area contributed by atoms with Gasteiger partial charge in [-0.05, 0) is 49.6 Å². The van der Waals surface area contributed by atoms with Gasteiger partial charge < -0.3 is 4.74 Å². The molecule has 0 aromatic carbocycles. The molecule has 2 aromatic rings. The molecule has 2 N–H and O–H groups in total. The summed E-state index contributed by atoms with van der Waals surface area (Å²) >= 11 is 2.98. The number of urea groups is 1. The predicted molar refractivity (Wildman–Crippen MR) is 101 cm³/mol. The van der Waals surface area contributed by atoms with Crippen LogP contribution in [0.25, 0.3) is 0 Å². The number of carbonyl (C=O) groups excluding carboxylic acids is 2. The fraction of sp³-hybridized carbons (Fsp3) is 0.353. The zero-order valence-corrected chi connectivity index (χ0v) is 15.5. The predicted octanol–water partition coefficient (Wildman–Crippen LogP) is 4.02. The van der Waals surface area contributed by atoms with Gasteiger partial charge in [0.2, 0.25) is 0 Å². The van der Waals surface area contributed by atoms with Gasteiger partial charge in [0.1, 0.15) is 5.00 Å². The summed E-state index contributed by atoms with van der Waals surface area (Å²) in [5.41, 5.74) is 3.95. The number of ether oxygens (including phenoxy) is 1.